The van der Waals surface area contributed by atoms with Crippen molar-refractivity contribution in [1.82, 2.24) is 18.3 Å². The molecule has 6 nitrogen and oxygen atoms in total. The molecule has 10 aromatic carbocycles. The summed E-state index contributed by atoms with van der Waals surface area (Å²) >= 11 is 1.61. The van der Waals surface area contributed by atoms with Crippen LogP contribution in [-0.4, -0.2) is 18.3 Å². The molecule has 0 spiro atoms. The maximum Gasteiger partial charge on any atom is 0.416 e. The third kappa shape index (κ3) is 6.45. The Balaban J connectivity index is 1.27. The first kappa shape index (κ1) is 46.5. The number of thiophene rings is 1. The van der Waals surface area contributed by atoms with E-state index >= 15 is 0 Å². The number of aryl methyl sites for hydroxylation is 2. The molecule has 0 amide bonds. The standard InChI is InChI=1S/C66H36F6N6S/c1-35-19-25-54-45(29-35)39-11-3-7-15-51(39)75(54)61-49(33-73)59(76-52-16-8-4-12-40(52)47-31-37(65(67,68)69)21-27-55(47)76)60(77-53-17-9-5-13-41(53)48-32-38(66(70,71)72)22-28-56(48)77)50(34-74)62(61)78-57-26-20-36(2)30-46(57)43-23-24-44-42-14-6-10-18-58(42)79-64(44)63(43)78/h3-32H,1-2H3. The molecule has 0 unspecified atom stereocenters. The van der Waals surface area contributed by atoms with Gasteiger partial charge in [0.05, 0.1) is 82.7 Å². The molecule has 0 radical (unpaired) electrons. The van der Waals surface area contributed by atoms with Gasteiger partial charge in [-0.15, -0.1) is 11.3 Å². The number of rotatable bonds is 4. The van der Waals surface area contributed by atoms with E-state index in [1.165, 1.54) is 12.1 Å². The topological polar surface area (TPSA) is 67.3 Å². The van der Waals surface area contributed by atoms with Crippen molar-refractivity contribution in [3.05, 3.63) is 215 Å². The van der Waals surface area contributed by atoms with Crippen LogP contribution in [0.3, 0.4) is 0 Å². The van der Waals surface area contributed by atoms with Crippen LogP contribution in [0.5, 0.6) is 0 Å². The first-order valence-corrected chi connectivity index (χ1v) is 26.2. The highest BCUT2D eigenvalue weighted by Gasteiger charge is 2.37. The van der Waals surface area contributed by atoms with Crippen molar-refractivity contribution in [2.45, 2.75) is 26.2 Å². The lowest BCUT2D eigenvalue weighted by Gasteiger charge is -2.27. The molecule has 5 aromatic heterocycles. The number of nitrogens with zero attached hydrogens (tertiary/aromatic N) is 6. The van der Waals surface area contributed by atoms with E-state index in [-0.39, 0.29) is 33.3 Å². The minimum absolute atomic E-state index is 0.0400. The number of halogens is 6. The molecule has 79 heavy (non-hydrogen) atoms. The summed E-state index contributed by atoms with van der Waals surface area (Å²) < 4.78 is 98.6. The molecule has 0 aliphatic rings. The fraction of sp³-hybridized carbons (Fsp3) is 0.0606. The van der Waals surface area contributed by atoms with Gasteiger partial charge in [-0.1, -0.05) is 108 Å². The van der Waals surface area contributed by atoms with Gasteiger partial charge in [0.1, 0.15) is 23.3 Å². The summed E-state index contributed by atoms with van der Waals surface area (Å²) in [7, 11) is 0. The van der Waals surface area contributed by atoms with Gasteiger partial charge in [-0.05, 0) is 98.8 Å². The molecule has 0 saturated carbocycles. The van der Waals surface area contributed by atoms with Crippen molar-refractivity contribution in [3.8, 4) is 34.9 Å². The molecule has 5 heterocycles. The van der Waals surface area contributed by atoms with Gasteiger partial charge < -0.3 is 18.3 Å². The van der Waals surface area contributed by atoms with Crippen LogP contribution in [0, 0.1) is 36.5 Å². The van der Waals surface area contributed by atoms with Crippen LogP contribution in [0.4, 0.5) is 26.3 Å². The van der Waals surface area contributed by atoms with E-state index < -0.39 is 23.5 Å². The summed E-state index contributed by atoms with van der Waals surface area (Å²) in [6.45, 7) is 4.02. The number of fused-ring (bicyclic) bond motifs is 16. The van der Waals surface area contributed by atoms with Gasteiger partial charge >= 0.3 is 12.4 Å². The van der Waals surface area contributed by atoms with Crippen LogP contribution >= 0.6 is 11.3 Å². The van der Waals surface area contributed by atoms with Crippen molar-refractivity contribution < 1.29 is 26.3 Å². The SMILES string of the molecule is Cc1ccc2c(c1)c1ccccc1n2-c1c(C#N)c(-n2c3ccccc3c3cc(C(F)(F)F)ccc32)c(-n2c3ccccc3c3cc(C(F)(F)F)ccc32)c(C#N)c1-n1c2ccc(C)cc2c2ccc3c4ccccc4sc3c21. The third-order valence-corrected chi connectivity index (χ3v) is 17.0. The van der Waals surface area contributed by atoms with Crippen molar-refractivity contribution in [2.24, 2.45) is 0 Å². The Hall–Kier alpha value is -9.82. The largest absolute Gasteiger partial charge is 0.416 e. The summed E-state index contributed by atoms with van der Waals surface area (Å²) in [5.41, 5.74) is 5.53. The van der Waals surface area contributed by atoms with Crippen molar-refractivity contribution in [2.75, 3.05) is 0 Å². The molecule has 15 aromatic rings. The molecule has 0 fully saturated rings. The van der Waals surface area contributed by atoms with Crippen LogP contribution in [0.1, 0.15) is 33.4 Å². The summed E-state index contributed by atoms with van der Waals surface area (Å²) in [5, 5.41) is 32.2. The van der Waals surface area contributed by atoms with Crippen LogP contribution in [0.2, 0.25) is 0 Å². The molecule has 0 N–H and O–H groups in total. The van der Waals surface area contributed by atoms with Crippen LogP contribution < -0.4 is 0 Å². The Morgan fingerprint density at radius 1 is 0.354 bits per heavy atom. The fourth-order valence-corrected chi connectivity index (χ4v) is 13.8. The number of para-hydroxylation sites is 3. The van der Waals surface area contributed by atoms with Gasteiger partial charge in [0, 0.05) is 58.6 Å². The minimum Gasteiger partial charge on any atom is -0.306 e. The lowest BCUT2D eigenvalue weighted by atomic mass is 9.98. The zero-order valence-electron chi connectivity index (χ0n) is 41.7. The average Bonchev–Trinajstić information content (AvgIpc) is 3.01. The van der Waals surface area contributed by atoms with E-state index in [0.717, 1.165) is 88.1 Å². The molecule has 0 aliphatic heterocycles. The Morgan fingerprint density at radius 2 is 0.709 bits per heavy atom. The van der Waals surface area contributed by atoms with Gasteiger partial charge in [-0.25, -0.2) is 0 Å². The molecule has 15 rings (SSSR count). The molecule has 13 heteroatoms. The monoisotopic (exact) mass is 1060 g/mol. The fourth-order valence-electron chi connectivity index (χ4n) is 12.5. The predicted octanol–water partition coefficient (Wildman–Crippen LogP) is 18.8. The van der Waals surface area contributed by atoms with E-state index in [4.69, 9.17) is 0 Å². The molecule has 0 atom stereocenters. The Kier molecular flexibility index (Phi) is 9.62. The maximum absolute atomic E-state index is 14.8. The molecule has 0 bridgehead atoms. The first-order chi connectivity index (χ1) is 38.2. The summed E-state index contributed by atoms with van der Waals surface area (Å²) in [6.07, 6.45) is -9.42. The predicted molar refractivity (Wildman–Crippen MR) is 306 cm³/mol. The van der Waals surface area contributed by atoms with E-state index in [9.17, 15) is 36.9 Å². The van der Waals surface area contributed by atoms with Crippen molar-refractivity contribution in [1.29, 1.82) is 10.5 Å². The summed E-state index contributed by atoms with van der Waals surface area (Å²) in [4.78, 5) is 0. The minimum atomic E-state index is -4.71. The van der Waals surface area contributed by atoms with Gasteiger partial charge in [0.25, 0.3) is 0 Å². The smallest absolute Gasteiger partial charge is 0.306 e. The Morgan fingerprint density at radius 3 is 1.16 bits per heavy atom. The summed E-state index contributed by atoms with van der Waals surface area (Å²) in [5.74, 6) is 0. The number of nitriles is 2. The highest BCUT2D eigenvalue weighted by Crippen LogP contribution is 2.51. The molecular formula is C66H36F6N6S. The van der Waals surface area contributed by atoms with Crippen molar-refractivity contribution in [3.63, 3.8) is 0 Å². The maximum atomic E-state index is 14.8. The van der Waals surface area contributed by atoms with Crippen molar-refractivity contribution >= 4 is 119 Å². The Bertz CT molecular complexity index is 5300. The van der Waals surface area contributed by atoms with E-state index in [1.807, 2.05) is 79.1 Å². The van der Waals surface area contributed by atoms with Gasteiger partial charge in [-0.3, -0.25) is 0 Å². The highest BCUT2D eigenvalue weighted by atomic mass is 32.1. The third-order valence-electron chi connectivity index (χ3n) is 15.8. The zero-order chi connectivity index (χ0) is 54.0. The zero-order valence-corrected chi connectivity index (χ0v) is 42.5. The molecule has 0 saturated heterocycles. The molecule has 378 valence electrons. The number of benzene rings is 10. The second-order valence-corrected chi connectivity index (χ2v) is 21.3. The van der Waals surface area contributed by atoms with Gasteiger partial charge in [0.15, 0.2) is 0 Å². The quantitative estimate of drug-likeness (QED) is 0.165. The normalized spacial score (nSPS) is 12.5. The van der Waals surface area contributed by atoms with Crippen LogP contribution in [0.25, 0.3) is 130 Å². The van der Waals surface area contributed by atoms with E-state index in [1.54, 1.807) is 69.0 Å². The van der Waals surface area contributed by atoms with Gasteiger partial charge in [0.2, 0.25) is 0 Å². The number of aromatic nitrogens is 4. The number of alkyl halides is 6. The molecule has 0 aliphatic carbocycles. The number of hydrogen-bond donors (Lipinski definition) is 0. The van der Waals surface area contributed by atoms with Crippen LogP contribution in [0.15, 0.2) is 182 Å². The van der Waals surface area contributed by atoms with E-state index in [2.05, 4.69) is 53.1 Å². The lowest BCUT2D eigenvalue weighted by Crippen LogP contribution is -2.17. The van der Waals surface area contributed by atoms with Gasteiger partial charge in [-0.2, -0.15) is 36.9 Å². The lowest BCUT2D eigenvalue weighted by molar-refractivity contribution is -0.138. The second-order valence-electron chi connectivity index (χ2n) is 20.2. The summed E-state index contributed by atoms with van der Waals surface area (Å²) in [6, 6.07) is 58.8. The Labute approximate surface area is 448 Å². The number of hydrogen-bond acceptors (Lipinski definition) is 3. The van der Waals surface area contributed by atoms with Crippen LogP contribution in [-0.2, 0) is 12.4 Å². The first-order valence-electron chi connectivity index (χ1n) is 25.3. The average molecular weight is 1060 g/mol. The second kappa shape index (κ2) is 16.4. The molecular weight excluding hydrogens is 1020 g/mol. The van der Waals surface area contributed by atoms with E-state index in [0.29, 0.717) is 55.2 Å². The highest BCUT2D eigenvalue weighted by molar-refractivity contribution is 7.26.